The molecule has 0 spiro atoms. The first-order chi connectivity index (χ1) is 9.60. The lowest BCUT2D eigenvalue weighted by Gasteiger charge is -2.30. The number of nitrogens with zero attached hydrogens (tertiary/aromatic N) is 1. The molecule has 0 heterocycles. The van der Waals surface area contributed by atoms with Gasteiger partial charge in [0, 0.05) is 18.5 Å². The quantitative estimate of drug-likeness (QED) is 0.742. The van der Waals surface area contributed by atoms with E-state index in [4.69, 9.17) is 16.3 Å². The van der Waals surface area contributed by atoms with E-state index < -0.39 is 5.06 Å². The highest BCUT2D eigenvalue weighted by atomic mass is 35.5. The van der Waals surface area contributed by atoms with E-state index in [0.29, 0.717) is 6.42 Å². The molecule has 1 atom stereocenters. The topological polar surface area (TPSA) is 12.5 Å². The zero-order valence-electron chi connectivity index (χ0n) is 11.9. The van der Waals surface area contributed by atoms with Crippen LogP contribution in [0.5, 0.6) is 5.75 Å². The Morgan fingerprint density at radius 3 is 2.05 bits per heavy atom. The molecule has 3 heteroatoms. The second kappa shape index (κ2) is 6.78. The third-order valence-corrected chi connectivity index (χ3v) is 3.59. The summed E-state index contributed by atoms with van der Waals surface area (Å²) in [6.07, 6.45) is 0.709. The lowest BCUT2D eigenvalue weighted by molar-refractivity contribution is 0.135. The van der Waals surface area contributed by atoms with Crippen LogP contribution in [0.1, 0.15) is 12.0 Å². The molecule has 0 saturated heterocycles. The fraction of sp³-hybridized carbons (Fsp3) is 0.294. The summed E-state index contributed by atoms with van der Waals surface area (Å²) in [7, 11) is 4.07. The summed E-state index contributed by atoms with van der Waals surface area (Å²) in [4.78, 5) is 2.11. The standard InChI is InChI=1S/C17H20ClNO/c1-19(2)14-13-17(18,15-9-5-3-6-10-15)20-16-11-7-4-8-12-16/h3-12H,13-14H2,1-2H3. The van der Waals surface area contributed by atoms with Crippen molar-refractivity contribution < 1.29 is 4.74 Å². The lowest BCUT2D eigenvalue weighted by atomic mass is 10.1. The highest BCUT2D eigenvalue weighted by molar-refractivity contribution is 6.23. The van der Waals surface area contributed by atoms with Crippen molar-refractivity contribution in [3.05, 3.63) is 66.2 Å². The van der Waals surface area contributed by atoms with Gasteiger partial charge in [0.05, 0.1) is 0 Å². The van der Waals surface area contributed by atoms with Crippen LogP contribution < -0.4 is 4.74 Å². The van der Waals surface area contributed by atoms with Crippen molar-refractivity contribution in [3.8, 4) is 5.75 Å². The molecule has 2 rings (SSSR count). The lowest BCUT2D eigenvalue weighted by Crippen LogP contribution is -2.31. The minimum absolute atomic E-state index is 0.709. The Morgan fingerprint density at radius 2 is 1.50 bits per heavy atom. The van der Waals surface area contributed by atoms with Crippen LogP contribution in [0.25, 0.3) is 0 Å². The van der Waals surface area contributed by atoms with Gasteiger partial charge in [0.25, 0.3) is 0 Å². The van der Waals surface area contributed by atoms with Crippen LogP contribution in [0.15, 0.2) is 60.7 Å². The first-order valence-electron chi connectivity index (χ1n) is 6.73. The van der Waals surface area contributed by atoms with Crippen LogP contribution in [0.3, 0.4) is 0 Å². The molecule has 1 unspecified atom stereocenters. The fourth-order valence-electron chi connectivity index (χ4n) is 1.98. The summed E-state index contributed by atoms with van der Waals surface area (Å²) in [5.41, 5.74) is 0.979. The van der Waals surface area contributed by atoms with Gasteiger partial charge in [-0.2, -0.15) is 0 Å². The number of para-hydroxylation sites is 1. The van der Waals surface area contributed by atoms with Crippen LogP contribution in [-0.2, 0) is 5.06 Å². The van der Waals surface area contributed by atoms with E-state index in [0.717, 1.165) is 17.9 Å². The molecule has 0 bridgehead atoms. The molecular formula is C17H20ClNO. The van der Waals surface area contributed by atoms with Gasteiger partial charge in [0.1, 0.15) is 5.75 Å². The highest BCUT2D eigenvalue weighted by Crippen LogP contribution is 2.35. The molecule has 0 saturated carbocycles. The number of rotatable bonds is 6. The first kappa shape index (κ1) is 14.9. The average molecular weight is 290 g/mol. The molecule has 0 N–H and O–H groups in total. The molecule has 0 aliphatic carbocycles. The molecule has 0 aliphatic rings. The van der Waals surface area contributed by atoms with Crippen molar-refractivity contribution in [2.45, 2.75) is 11.5 Å². The molecule has 2 aromatic rings. The van der Waals surface area contributed by atoms with Gasteiger partial charge in [0.2, 0.25) is 5.06 Å². The molecule has 0 aromatic heterocycles. The van der Waals surface area contributed by atoms with Crippen LogP contribution in [-0.4, -0.2) is 25.5 Å². The molecule has 20 heavy (non-hydrogen) atoms. The number of halogens is 1. The number of hydrogen-bond acceptors (Lipinski definition) is 2. The van der Waals surface area contributed by atoms with Crippen LogP contribution in [0.4, 0.5) is 0 Å². The summed E-state index contributed by atoms with van der Waals surface area (Å²) >= 11 is 6.79. The maximum Gasteiger partial charge on any atom is 0.209 e. The summed E-state index contributed by atoms with van der Waals surface area (Å²) in [5, 5.41) is -0.840. The molecule has 2 nitrogen and oxygen atoms in total. The van der Waals surface area contributed by atoms with E-state index >= 15 is 0 Å². The minimum atomic E-state index is -0.840. The van der Waals surface area contributed by atoms with Gasteiger partial charge in [-0.1, -0.05) is 60.1 Å². The second-order valence-electron chi connectivity index (χ2n) is 5.06. The number of alkyl halides is 1. The van der Waals surface area contributed by atoms with Crippen molar-refractivity contribution in [1.82, 2.24) is 4.90 Å². The summed E-state index contributed by atoms with van der Waals surface area (Å²) in [5.74, 6) is 0.783. The molecule has 0 aliphatic heterocycles. The first-order valence-corrected chi connectivity index (χ1v) is 7.11. The highest BCUT2D eigenvalue weighted by Gasteiger charge is 2.31. The number of hydrogen-bond donors (Lipinski definition) is 0. The molecule has 106 valence electrons. The minimum Gasteiger partial charge on any atom is -0.468 e. The smallest absolute Gasteiger partial charge is 0.209 e. The molecule has 2 aromatic carbocycles. The summed E-state index contributed by atoms with van der Waals surface area (Å²) in [6.45, 7) is 0.852. The molecule has 0 radical (unpaired) electrons. The normalized spacial score (nSPS) is 14.0. The Labute approximate surface area is 125 Å². The SMILES string of the molecule is CN(C)CCC(Cl)(Oc1ccccc1)c1ccccc1. The van der Waals surface area contributed by atoms with Gasteiger partial charge in [-0.15, -0.1) is 0 Å². The fourth-order valence-corrected chi connectivity index (χ4v) is 2.28. The predicted molar refractivity (Wildman–Crippen MR) is 84.2 cm³/mol. The second-order valence-corrected chi connectivity index (χ2v) is 5.67. The van der Waals surface area contributed by atoms with Crippen molar-refractivity contribution in [1.29, 1.82) is 0 Å². The van der Waals surface area contributed by atoms with E-state index in [9.17, 15) is 0 Å². The van der Waals surface area contributed by atoms with E-state index in [-0.39, 0.29) is 0 Å². The zero-order valence-corrected chi connectivity index (χ0v) is 12.7. The number of benzene rings is 2. The van der Waals surface area contributed by atoms with Gasteiger partial charge in [-0.25, -0.2) is 0 Å². The Morgan fingerprint density at radius 1 is 0.950 bits per heavy atom. The average Bonchev–Trinajstić information content (AvgIpc) is 2.47. The monoisotopic (exact) mass is 289 g/mol. The van der Waals surface area contributed by atoms with E-state index in [2.05, 4.69) is 4.90 Å². The van der Waals surface area contributed by atoms with E-state index in [1.165, 1.54) is 0 Å². The zero-order chi connectivity index (χ0) is 14.4. The largest absolute Gasteiger partial charge is 0.468 e. The van der Waals surface area contributed by atoms with Crippen LogP contribution >= 0.6 is 11.6 Å². The summed E-state index contributed by atoms with van der Waals surface area (Å²) < 4.78 is 6.08. The van der Waals surface area contributed by atoms with Gasteiger partial charge < -0.3 is 9.64 Å². The van der Waals surface area contributed by atoms with E-state index in [1.807, 2.05) is 74.8 Å². The van der Waals surface area contributed by atoms with Gasteiger partial charge in [-0.3, -0.25) is 0 Å². The Bertz CT molecular complexity index is 515. The Kier molecular flexibility index (Phi) is 5.05. The van der Waals surface area contributed by atoms with Crippen molar-refractivity contribution in [3.63, 3.8) is 0 Å². The summed E-state index contributed by atoms with van der Waals surface area (Å²) in [6, 6.07) is 19.7. The molecular weight excluding hydrogens is 270 g/mol. The van der Waals surface area contributed by atoms with E-state index in [1.54, 1.807) is 0 Å². The Hall–Kier alpha value is -1.51. The molecule has 0 amide bonds. The van der Waals surface area contributed by atoms with Crippen molar-refractivity contribution in [2.75, 3.05) is 20.6 Å². The maximum atomic E-state index is 6.79. The molecule has 0 fully saturated rings. The van der Waals surface area contributed by atoms with Gasteiger partial charge >= 0.3 is 0 Å². The predicted octanol–water partition coefficient (Wildman–Crippen LogP) is 4.11. The maximum absolute atomic E-state index is 6.79. The third-order valence-electron chi connectivity index (χ3n) is 3.11. The number of ether oxygens (including phenoxy) is 1. The van der Waals surface area contributed by atoms with Gasteiger partial charge in [-0.05, 0) is 26.2 Å². The Balaban J connectivity index is 2.24. The third kappa shape index (κ3) is 3.99. The van der Waals surface area contributed by atoms with Crippen LogP contribution in [0, 0.1) is 0 Å². The van der Waals surface area contributed by atoms with Crippen LogP contribution in [0.2, 0.25) is 0 Å². The van der Waals surface area contributed by atoms with Crippen molar-refractivity contribution >= 4 is 11.6 Å². The van der Waals surface area contributed by atoms with Gasteiger partial charge in [0.15, 0.2) is 0 Å². The van der Waals surface area contributed by atoms with Crippen molar-refractivity contribution in [2.24, 2.45) is 0 Å².